The number of rotatable bonds is 1. The number of carbonyl (C=O) groups is 1. The second-order valence-electron chi connectivity index (χ2n) is 3.94. The molecular weight excluding hydrogens is 270 g/mol. The number of anilines is 1. The number of carbonyl (C=O) groups excluding carboxylic acids is 1. The molecule has 5 heteroatoms. The summed E-state index contributed by atoms with van der Waals surface area (Å²) >= 11 is 3.38. The van der Waals surface area contributed by atoms with Crippen LogP contribution in [0, 0.1) is 6.92 Å². The van der Waals surface area contributed by atoms with Gasteiger partial charge in [0, 0.05) is 23.8 Å². The Morgan fingerprint density at radius 3 is 2.81 bits per heavy atom. The molecule has 16 heavy (non-hydrogen) atoms. The molecule has 1 aromatic rings. The van der Waals surface area contributed by atoms with E-state index in [-0.39, 0.29) is 6.03 Å². The predicted molar refractivity (Wildman–Crippen MR) is 66.5 cm³/mol. The highest BCUT2D eigenvalue weighted by Crippen LogP contribution is 2.18. The molecule has 2 amide bonds. The van der Waals surface area contributed by atoms with Crippen LogP contribution >= 0.6 is 15.9 Å². The molecule has 1 aliphatic heterocycles. The zero-order valence-corrected chi connectivity index (χ0v) is 10.7. The molecule has 86 valence electrons. The maximum Gasteiger partial charge on any atom is 0.323 e. The normalized spacial score (nSPS) is 15.2. The summed E-state index contributed by atoms with van der Waals surface area (Å²) < 4.78 is 0.951. The third kappa shape index (κ3) is 2.52. The average Bonchev–Trinajstić information content (AvgIpc) is 2.77. The van der Waals surface area contributed by atoms with Crippen LogP contribution in [-0.4, -0.2) is 29.0 Å². The van der Waals surface area contributed by atoms with Gasteiger partial charge in [0.1, 0.15) is 5.82 Å². The van der Waals surface area contributed by atoms with Crippen LogP contribution in [0.15, 0.2) is 16.7 Å². The third-order valence-electron chi connectivity index (χ3n) is 2.68. The highest BCUT2D eigenvalue weighted by Gasteiger charge is 2.18. The molecule has 0 spiro atoms. The van der Waals surface area contributed by atoms with Gasteiger partial charge in [-0.2, -0.15) is 0 Å². The van der Waals surface area contributed by atoms with Gasteiger partial charge in [-0.25, -0.2) is 9.78 Å². The van der Waals surface area contributed by atoms with Crippen molar-refractivity contribution in [2.45, 2.75) is 19.8 Å². The van der Waals surface area contributed by atoms with Crippen molar-refractivity contribution >= 4 is 27.8 Å². The summed E-state index contributed by atoms with van der Waals surface area (Å²) in [6.07, 6.45) is 3.90. The standard InChI is InChI=1S/C11H14BrN3O/c1-8-6-10(13-7-9(8)12)14-11(16)15-4-2-3-5-15/h6-7H,2-5H2,1H3,(H,13,14,16). The van der Waals surface area contributed by atoms with Crippen LogP contribution in [0.25, 0.3) is 0 Å². The molecule has 0 unspecified atom stereocenters. The SMILES string of the molecule is Cc1cc(NC(=O)N2CCCC2)ncc1Br. The third-order valence-corrected chi connectivity index (χ3v) is 3.51. The molecule has 0 atom stereocenters. The lowest BCUT2D eigenvalue weighted by Gasteiger charge is -2.15. The average molecular weight is 284 g/mol. The fraction of sp³-hybridized carbons (Fsp3) is 0.455. The van der Waals surface area contributed by atoms with Gasteiger partial charge in [0.15, 0.2) is 0 Å². The Morgan fingerprint density at radius 1 is 1.50 bits per heavy atom. The number of nitrogens with one attached hydrogen (secondary N) is 1. The van der Waals surface area contributed by atoms with Gasteiger partial charge in [0.25, 0.3) is 0 Å². The fourth-order valence-corrected chi connectivity index (χ4v) is 1.93. The Labute approximate surface area is 103 Å². The van der Waals surface area contributed by atoms with Crippen LogP contribution in [0.1, 0.15) is 18.4 Å². The molecule has 1 fully saturated rings. The predicted octanol–water partition coefficient (Wildman–Crippen LogP) is 2.78. The van der Waals surface area contributed by atoms with E-state index in [4.69, 9.17) is 0 Å². The summed E-state index contributed by atoms with van der Waals surface area (Å²) in [5.74, 6) is 0.609. The number of pyridine rings is 1. The van der Waals surface area contributed by atoms with Crippen molar-refractivity contribution in [2.75, 3.05) is 18.4 Å². The van der Waals surface area contributed by atoms with E-state index in [0.717, 1.165) is 36.0 Å². The van der Waals surface area contributed by atoms with Gasteiger partial charge >= 0.3 is 6.03 Å². The summed E-state index contributed by atoms with van der Waals surface area (Å²) in [4.78, 5) is 17.7. The maximum absolute atomic E-state index is 11.8. The molecule has 0 bridgehead atoms. The molecule has 0 saturated carbocycles. The summed E-state index contributed by atoms with van der Waals surface area (Å²) in [5, 5.41) is 2.81. The summed E-state index contributed by atoms with van der Waals surface area (Å²) in [6.45, 7) is 3.67. The lowest BCUT2D eigenvalue weighted by Crippen LogP contribution is -2.32. The molecule has 2 heterocycles. The first kappa shape index (κ1) is 11.4. The van der Waals surface area contributed by atoms with Crippen molar-refractivity contribution < 1.29 is 4.79 Å². The number of likely N-dealkylation sites (tertiary alicyclic amines) is 1. The van der Waals surface area contributed by atoms with E-state index >= 15 is 0 Å². The van der Waals surface area contributed by atoms with Gasteiger partial charge < -0.3 is 4.90 Å². The van der Waals surface area contributed by atoms with Gasteiger partial charge in [0.2, 0.25) is 0 Å². The number of amides is 2. The number of aryl methyl sites for hydroxylation is 1. The molecule has 0 radical (unpaired) electrons. The number of aromatic nitrogens is 1. The van der Waals surface area contributed by atoms with E-state index in [1.54, 1.807) is 6.20 Å². The lowest BCUT2D eigenvalue weighted by atomic mass is 10.3. The molecule has 2 rings (SSSR count). The molecule has 1 N–H and O–H groups in total. The summed E-state index contributed by atoms with van der Waals surface area (Å²) in [5.41, 5.74) is 1.06. The van der Waals surface area contributed by atoms with Crippen molar-refractivity contribution in [3.8, 4) is 0 Å². The second-order valence-corrected chi connectivity index (χ2v) is 4.80. The minimum atomic E-state index is -0.0493. The molecule has 1 saturated heterocycles. The van der Waals surface area contributed by atoms with E-state index in [2.05, 4.69) is 26.2 Å². The molecule has 4 nitrogen and oxygen atoms in total. The van der Waals surface area contributed by atoms with Gasteiger partial charge in [-0.3, -0.25) is 5.32 Å². The van der Waals surface area contributed by atoms with Gasteiger partial charge in [0.05, 0.1) is 0 Å². The fourth-order valence-electron chi connectivity index (χ4n) is 1.72. The Morgan fingerprint density at radius 2 is 2.19 bits per heavy atom. The Bertz CT molecular complexity index is 402. The van der Waals surface area contributed by atoms with Gasteiger partial charge in [-0.15, -0.1) is 0 Å². The van der Waals surface area contributed by atoms with Crippen LogP contribution < -0.4 is 5.32 Å². The summed E-state index contributed by atoms with van der Waals surface area (Å²) in [6, 6.07) is 1.81. The number of halogens is 1. The molecule has 0 aliphatic carbocycles. The van der Waals surface area contributed by atoms with E-state index < -0.39 is 0 Å². The minimum absolute atomic E-state index is 0.0493. The number of urea groups is 1. The number of nitrogens with zero attached hydrogens (tertiary/aromatic N) is 2. The molecular formula is C11H14BrN3O. The minimum Gasteiger partial charge on any atom is -0.324 e. The Kier molecular flexibility index (Phi) is 3.43. The van der Waals surface area contributed by atoms with Crippen LogP contribution in [0.5, 0.6) is 0 Å². The first-order chi connectivity index (χ1) is 7.66. The van der Waals surface area contributed by atoms with Crippen molar-refractivity contribution in [1.29, 1.82) is 0 Å². The van der Waals surface area contributed by atoms with E-state index in [1.165, 1.54) is 0 Å². The smallest absolute Gasteiger partial charge is 0.323 e. The van der Waals surface area contributed by atoms with Crippen LogP contribution in [0.3, 0.4) is 0 Å². The van der Waals surface area contributed by atoms with Gasteiger partial charge in [-0.1, -0.05) is 0 Å². The van der Waals surface area contributed by atoms with Crippen LogP contribution in [0.4, 0.5) is 10.6 Å². The van der Waals surface area contributed by atoms with E-state index in [0.29, 0.717) is 5.82 Å². The van der Waals surface area contributed by atoms with Crippen LogP contribution in [-0.2, 0) is 0 Å². The second kappa shape index (κ2) is 4.82. The maximum atomic E-state index is 11.8. The monoisotopic (exact) mass is 283 g/mol. The Hall–Kier alpha value is -1.10. The van der Waals surface area contributed by atoms with Crippen molar-refractivity contribution in [3.05, 3.63) is 22.3 Å². The quantitative estimate of drug-likeness (QED) is 0.861. The zero-order valence-electron chi connectivity index (χ0n) is 9.16. The first-order valence-electron chi connectivity index (χ1n) is 5.35. The highest BCUT2D eigenvalue weighted by atomic mass is 79.9. The largest absolute Gasteiger partial charge is 0.324 e. The zero-order chi connectivity index (χ0) is 11.5. The highest BCUT2D eigenvalue weighted by molar-refractivity contribution is 9.10. The summed E-state index contributed by atoms with van der Waals surface area (Å²) in [7, 11) is 0. The molecule has 1 aromatic heterocycles. The van der Waals surface area contributed by atoms with E-state index in [1.807, 2.05) is 17.9 Å². The van der Waals surface area contributed by atoms with Gasteiger partial charge in [-0.05, 0) is 47.3 Å². The van der Waals surface area contributed by atoms with Crippen molar-refractivity contribution in [2.24, 2.45) is 0 Å². The van der Waals surface area contributed by atoms with Crippen molar-refractivity contribution in [3.63, 3.8) is 0 Å². The number of hydrogen-bond donors (Lipinski definition) is 1. The molecule has 0 aromatic carbocycles. The van der Waals surface area contributed by atoms with Crippen LogP contribution in [0.2, 0.25) is 0 Å². The topological polar surface area (TPSA) is 45.2 Å². The van der Waals surface area contributed by atoms with E-state index in [9.17, 15) is 4.79 Å². The first-order valence-corrected chi connectivity index (χ1v) is 6.14. The van der Waals surface area contributed by atoms with Crippen molar-refractivity contribution in [1.82, 2.24) is 9.88 Å². The lowest BCUT2D eigenvalue weighted by molar-refractivity contribution is 0.222. The molecule has 1 aliphatic rings. The number of hydrogen-bond acceptors (Lipinski definition) is 2. The Balaban J connectivity index is 2.02.